The molecule has 0 aromatic rings. The Morgan fingerprint density at radius 1 is 0.609 bits per heavy atom. The van der Waals surface area contributed by atoms with Gasteiger partial charge in [0.15, 0.2) is 0 Å². The highest BCUT2D eigenvalue weighted by atomic mass is 16.5. The van der Waals surface area contributed by atoms with E-state index in [1.807, 2.05) is 0 Å². The second-order valence-corrected chi connectivity index (χ2v) is 14.5. The Hall–Kier alpha value is -1.30. The van der Waals surface area contributed by atoms with E-state index >= 15 is 0 Å². The molecule has 2 aliphatic rings. The highest BCUT2D eigenvalue weighted by molar-refractivity contribution is 5.82. The summed E-state index contributed by atoms with van der Waals surface area (Å²) in [7, 11) is 0. The quantitative estimate of drug-likeness (QED) is 0.103. The van der Waals surface area contributed by atoms with E-state index in [9.17, 15) is 19.8 Å². The van der Waals surface area contributed by atoms with Crippen molar-refractivity contribution in [3.63, 3.8) is 0 Å². The number of carbonyl (C=O) groups is 2. The maximum absolute atomic E-state index is 13.2. The fourth-order valence-electron chi connectivity index (χ4n) is 7.23. The molecule has 2 aliphatic heterocycles. The van der Waals surface area contributed by atoms with Gasteiger partial charge >= 0.3 is 0 Å². The summed E-state index contributed by atoms with van der Waals surface area (Å²) in [6.45, 7) is 14.6. The molecule has 0 saturated carbocycles. The lowest BCUT2D eigenvalue weighted by molar-refractivity contribution is -0.968. The second-order valence-electron chi connectivity index (χ2n) is 14.5. The van der Waals surface area contributed by atoms with Crippen molar-refractivity contribution in [3.8, 4) is 0 Å². The highest BCUT2D eigenvalue weighted by Crippen LogP contribution is 2.20. The maximum atomic E-state index is 13.2. The van der Waals surface area contributed by atoms with Gasteiger partial charge in [0.1, 0.15) is 51.5 Å². The summed E-state index contributed by atoms with van der Waals surface area (Å²) >= 11 is 0. The monoisotopic (exact) mass is 657 g/mol. The Morgan fingerprint density at radius 3 is 1.30 bits per heavy atom. The standard InChI is InChI=1S/C36H70N4O6/c1-5-9-17-31(7-3)27-45-29-33(41)25-39(21-13-11-14-22-39)37-35(43)19-20-36(44)38-40(23-15-12-16-24-40)26-34(42)30-46-28-32(8-4)18-10-6-2/h31-34,41-42H,5-30H2,1-4H3/p+2. The minimum atomic E-state index is -0.659. The van der Waals surface area contributed by atoms with Crippen molar-refractivity contribution in [2.75, 3.05) is 65.7 Å². The molecule has 10 nitrogen and oxygen atoms in total. The molecule has 0 bridgehead atoms. The topological polar surface area (TPSA) is 117 Å². The minimum Gasteiger partial charge on any atom is -0.385 e. The van der Waals surface area contributed by atoms with Crippen molar-refractivity contribution in [2.45, 2.75) is 143 Å². The molecule has 46 heavy (non-hydrogen) atoms. The number of rotatable bonds is 25. The predicted molar refractivity (Wildman–Crippen MR) is 183 cm³/mol. The molecule has 4 atom stereocenters. The third-order valence-corrected chi connectivity index (χ3v) is 10.2. The van der Waals surface area contributed by atoms with Gasteiger partial charge < -0.3 is 19.7 Å². The van der Waals surface area contributed by atoms with Crippen molar-refractivity contribution in [3.05, 3.63) is 0 Å². The minimum absolute atomic E-state index is 0.0931. The lowest BCUT2D eigenvalue weighted by Gasteiger charge is -2.42. The van der Waals surface area contributed by atoms with E-state index in [0.717, 1.165) is 90.4 Å². The number of likely N-dealkylation sites (tertiary alicyclic amines) is 2. The molecular formula is C36H72N4O6+2. The van der Waals surface area contributed by atoms with E-state index in [2.05, 4.69) is 38.5 Å². The highest BCUT2D eigenvalue weighted by Gasteiger charge is 2.37. The van der Waals surface area contributed by atoms with Crippen LogP contribution in [0.5, 0.6) is 0 Å². The largest absolute Gasteiger partial charge is 0.385 e. The average Bonchev–Trinajstić information content (AvgIpc) is 3.04. The van der Waals surface area contributed by atoms with Gasteiger partial charge in [0.2, 0.25) is 0 Å². The molecule has 10 heteroatoms. The van der Waals surface area contributed by atoms with Crippen LogP contribution in [0.2, 0.25) is 0 Å². The van der Waals surface area contributed by atoms with Gasteiger partial charge in [0, 0.05) is 26.1 Å². The van der Waals surface area contributed by atoms with Gasteiger partial charge in [0.25, 0.3) is 11.8 Å². The van der Waals surface area contributed by atoms with Crippen molar-refractivity contribution in [1.29, 1.82) is 0 Å². The number of nitrogens with zero attached hydrogens (tertiary/aromatic N) is 2. The molecule has 0 spiro atoms. The van der Waals surface area contributed by atoms with Crippen molar-refractivity contribution >= 4 is 11.8 Å². The number of piperidine rings is 2. The van der Waals surface area contributed by atoms with E-state index in [4.69, 9.17) is 9.47 Å². The molecule has 2 fully saturated rings. The van der Waals surface area contributed by atoms with Gasteiger partial charge in [0.05, 0.1) is 13.2 Å². The van der Waals surface area contributed by atoms with Gasteiger partial charge in [-0.3, -0.25) is 9.59 Å². The summed E-state index contributed by atoms with van der Waals surface area (Å²) in [5, 5.41) is 21.8. The number of ether oxygens (including phenoxy) is 2. The average molecular weight is 657 g/mol. The molecule has 4 N–H and O–H groups in total. The van der Waals surface area contributed by atoms with Gasteiger partial charge in [-0.05, 0) is 63.2 Å². The van der Waals surface area contributed by atoms with Crippen LogP contribution in [-0.2, 0) is 19.1 Å². The van der Waals surface area contributed by atoms with Gasteiger partial charge in [-0.25, -0.2) is 20.0 Å². The van der Waals surface area contributed by atoms with Crippen LogP contribution in [-0.4, -0.2) is 109 Å². The zero-order chi connectivity index (χ0) is 33.7. The number of hydrogen-bond acceptors (Lipinski definition) is 6. The summed E-state index contributed by atoms with van der Waals surface area (Å²) in [6.07, 6.45) is 14.3. The summed E-state index contributed by atoms with van der Waals surface area (Å²) in [5.74, 6) is 0.715. The molecule has 2 rings (SSSR count). The number of carbonyl (C=O) groups excluding carboxylic acids is 2. The first-order valence-corrected chi connectivity index (χ1v) is 19.0. The van der Waals surface area contributed by atoms with E-state index in [1.165, 1.54) is 25.7 Å². The van der Waals surface area contributed by atoms with Crippen molar-refractivity contribution in [1.82, 2.24) is 10.9 Å². The predicted octanol–water partition coefficient (Wildman–Crippen LogP) is 5.02. The fraction of sp³-hybridized carbons (Fsp3) is 0.944. The normalized spacial score (nSPS) is 20.4. The van der Waals surface area contributed by atoms with Crippen molar-refractivity contribution < 1.29 is 38.5 Å². The number of hydrogen-bond donors (Lipinski definition) is 4. The van der Waals surface area contributed by atoms with Gasteiger partial charge in [-0.2, -0.15) is 0 Å². The van der Waals surface area contributed by atoms with Crippen LogP contribution in [0.3, 0.4) is 0 Å². The molecule has 0 aromatic carbocycles. The summed E-state index contributed by atoms with van der Waals surface area (Å²) in [6, 6.07) is 0. The van der Waals surface area contributed by atoms with Crippen LogP contribution < -0.4 is 10.9 Å². The van der Waals surface area contributed by atoms with E-state index < -0.39 is 12.2 Å². The lowest BCUT2D eigenvalue weighted by atomic mass is 10.0. The third kappa shape index (κ3) is 16.2. The smallest absolute Gasteiger partial charge is 0.265 e. The van der Waals surface area contributed by atoms with Crippen LogP contribution in [0.25, 0.3) is 0 Å². The first kappa shape index (κ1) is 40.9. The molecule has 270 valence electrons. The number of unbranched alkanes of at least 4 members (excludes halogenated alkanes) is 2. The Balaban J connectivity index is 1.84. The van der Waals surface area contributed by atoms with Crippen LogP contribution >= 0.6 is 0 Å². The van der Waals surface area contributed by atoms with Crippen LogP contribution in [0.1, 0.15) is 130 Å². The van der Waals surface area contributed by atoms with Gasteiger partial charge in [-0.1, -0.05) is 66.2 Å². The molecule has 0 aromatic heterocycles. The van der Waals surface area contributed by atoms with Crippen molar-refractivity contribution in [2.24, 2.45) is 11.8 Å². The first-order valence-electron chi connectivity index (χ1n) is 19.0. The zero-order valence-corrected chi connectivity index (χ0v) is 30.1. The summed E-state index contributed by atoms with van der Waals surface area (Å²) < 4.78 is 12.5. The first-order chi connectivity index (χ1) is 22.2. The number of nitrogens with one attached hydrogen (secondary N) is 2. The second kappa shape index (κ2) is 23.1. The maximum Gasteiger partial charge on any atom is 0.265 e. The number of quaternary nitrogens is 2. The molecule has 4 unspecified atom stereocenters. The van der Waals surface area contributed by atoms with E-state index in [0.29, 0.717) is 47.3 Å². The van der Waals surface area contributed by atoms with Crippen LogP contribution in [0, 0.1) is 11.8 Å². The number of amides is 2. The Labute approximate surface area is 281 Å². The Kier molecular flexibility index (Phi) is 20.5. The van der Waals surface area contributed by atoms with Crippen LogP contribution in [0.15, 0.2) is 0 Å². The third-order valence-electron chi connectivity index (χ3n) is 10.2. The van der Waals surface area contributed by atoms with Gasteiger partial charge in [-0.15, -0.1) is 0 Å². The fourth-order valence-corrected chi connectivity index (χ4v) is 7.23. The number of aliphatic hydroxyl groups is 2. The molecule has 2 saturated heterocycles. The molecule has 0 radical (unpaired) electrons. The molecule has 2 heterocycles. The molecular weight excluding hydrogens is 584 g/mol. The molecule has 2 amide bonds. The lowest BCUT2D eigenvalue weighted by Crippen LogP contribution is -2.66. The molecule has 0 aliphatic carbocycles. The number of aliphatic hydroxyl groups excluding tert-OH is 2. The Bertz CT molecular complexity index is 752. The SMILES string of the molecule is CCCCC(CC)COCC(O)C[N+]1(NC(=O)CCC(=O)N[N+]2(CC(O)COCC(CC)CCCC)CCCCC2)CCCCC1. The zero-order valence-electron chi connectivity index (χ0n) is 30.1. The summed E-state index contributed by atoms with van der Waals surface area (Å²) in [4.78, 5) is 26.4. The Morgan fingerprint density at radius 2 is 0.978 bits per heavy atom. The van der Waals surface area contributed by atoms with Crippen LogP contribution in [0.4, 0.5) is 0 Å². The van der Waals surface area contributed by atoms with E-state index in [1.54, 1.807) is 0 Å². The van der Waals surface area contributed by atoms with E-state index in [-0.39, 0.29) is 37.9 Å². The summed E-state index contributed by atoms with van der Waals surface area (Å²) in [5.41, 5.74) is 6.39.